The van der Waals surface area contributed by atoms with Crippen LogP contribution in [-0.2, 0) is 0 Å². The lowest BCUT2D eigenvalue weighted by molar-refractivity contribution is 0.313. The molecule has 1 saturated heterocycles. The Labute approximate surface area is 149 Å². The van der Waals surface area contributed by atoms with E-state index >= 15 is 0 Å². The van der Waals surface area contributed by atoms with Gasteiger partial charge >= 0.3 is 0 Å². The molecule has 0 spiro atoms. The van der Waals surface area contributed by atoms with E-state index in [-0.39, 0.29) is 0 Å². The van der Waals surface area contributed by atoms with Crippen LogP contribution in [0.2, 0.25) is 0 Å². The van der Waals surface area contributed by atoms with Gasteiger partial charge in [-0.1, -0.05) is 6.08 Å². The molecule has 6 heteroatoms. The van der Waals surface area contributed by atoms with Gasteiger partial charge in [-0.3, -0.25) is 0 Å². The Balaban J connectivity index is 1.67. The number of nitrogens with one attached hydrogen (secondary N) is 2. The van der Waals surface area contributed by atoms with Gasteiger partial charge in [-0.05, 0) is 38.2 Å². The summed E-state index contributed by atoms with van der Waals surface area (Å²) in [6.45, 7) is 10.7. The Morgan fingerprint density at radius 2 is 1.76 bits per heavy atom. The quantitative estimate of drug-likeness (QED) is 0.790. The van der Waals surface area contributed by atoms with Gasteiger partial charge in [0, 0.05) is 50.2 Å². The summed E-state index contributed by atoms with van der Waals surface area (Å²) in [5.41, 5.74) is 2.29. The van der Waals surface area contributed by atoms with Gasteiger partial charge in [-0.25, -0.2) is 9.97 Å². The van der Waals surface area contributed by atoms with Crippen LogP contribution in [0.1, 0.15) is 5.82 Å². The third-order valence-electron chi connectivity index (χ3n) is 4.27. The number of rotatable bonds is 6. The minimum absolute atomic E-state index is 0.676. The lowest BCUT2D eigenvalue weighted by atomic mass is 10.2. The van der Waals surface area contributed by atoms with E-state index in [4.69, 9.17) is 0 Å². The van der Waals surface area contributed by atoms with Crippen LogP contribution >= 0.6 is 0 Å². The summed E-state index contributed by atoms with van der Waals surface area (Å²) in [6.07, 6.45) is 1.81. The largest absolute Gasteiger partial charge is 0.369 e. The van der Waals surface area contributed by atoms with Gasteiger partial charge in [0.15, 0.2) is 0 Å². The Bertz CT molecular complexity index is 704. The van der Waals surface area contributed by atoms with Crippen LogP contribution in [0, 0.1) is 6.92 Å². The maximum atomic E-state index is 4.45. The first-order valence-electron chi connectivity index (χ1n) is 8.65. The molecule has 2 N–H and O–H groups in total. The molecule has 2 heterocycles. The van der Waals surface area contributed by atoms with Crippen molar-refractivity contribution in [2.45, 2.75) is 6.92 Å². The summed E-state index contributed by atoms with van der Waals surface area (Å²) in [4.78, 5) is 13.6. The fraction of sp³-hybridized carbons (Fsp3) is 0.368. The average Bonchev–Trinajstić information content (AvgIpc) is 2.61. The van der Waals surface area contributed by atoms with Gasteiger partial charge in [-0.2, -0.15) is 0 Å². The summed E-state index contributed by atoms with van der Waals surface area (Å²) < 4.78 is 0. The SMILES string of the molecule is C=CCNc1cc(Nc2ccc(N3CCN(C)CC3)cc2)nc(C)n1. The molecule has 0 aliphatic carbocycles. The zero-order valence-corrected chi connectivity index (χ0v) is 15.0. The first kappa shape index (κ1) is 17.2. The van der Waals surface area contributed by atoms with E-state index < -0.39 is 0 Å². The van der Waals surface area contributed by atoms with Crippen molar-refractivity contribution >= 4 is 23.0 Å². The van der Waals surface area contributed by atoms with E-state index in [0.29, 0.717) is 6.54 Å². The monoisotopic (exact) mass is 338 g/mol. The predicted octanol–water partition coefficient (Wildman–Crippen LogP) is 2.88. The molecule has 0 unspecified atom stereocenters. The molecular weight excluding hydrogens is 312 g/mol. The highest BCUT2D eigenvalue weighted by Gasteiger charge is 2.14. The zero-order chi connectivity index (χ0) is 17.6. The lowest BCUT2D eigenvalue weighted by Gasteiger charge is -2.34. The van der Waals surface area contributed by atoms with Gasteiger partial charge in [0.2, 0.25) is 0 Å². The Morgan fingerprint density at radius 3 is 2.44 bits per heavy atom. The molecule has 132 valence electrons. The van der Waals surface area contributed by atoms with E-state index in [1.807, 2.05) is 19.1 Å². The number of piperazine rings is 1. The minimum atomic E-state index is 0.676. The van der Waals surface area contributed by atoms with Crippen molar-refractivity contribution in [1.29, 1.82) is 0 Å². The second-order valence-corrected chi connectivity index (χ2v) is 6.32. The van der Waals surface area contributed by atoms with Crippen molar-refractivity contribution in [3.05, 3.63) is 48.8 Å². The molecule has 6 nitrogen and oxygen atoms in total. The molecule has 3 rings (SSSR count). The van der Waals surface area contributed by atoms with Crippen molar-refractivity contribution in [3.8, 4) is 0 Å². The van der Waals surface area contributed by atoms with Crippen LogP contribution < -0.4 is 15.5 Å². The maximum absolute atomic E-state index is 4.45. The zero-order valence-electron chi connectivity index (χ0n) is 15.0. The summed E-state index contributed by atoms with van der Waals surface area (Å²) in [6, 6.07) is 10.4. The second-order valence-electron chi connectivity index (χ2n) is 6.32. The first-order valence-corrected chi connectivity index (χ1v) is 8.65. The van der Waals surface area contributed by atoms with Crippen LogP contribution in [0.5, 0.6) is 0 Å². The van der Waals surface area contributed by atoms with Crippen molar-refractivity contribution in [1.82, 2.24) is 14.9 Å². The van der Waals surface area contributed by atoms with Gasteiger partial charge in [0.1, 0.15) is 17.5 Å². The molecule has 25 heavy (non-hydrogen) atoms. The molecule has 1 aliphatic rings. The van der Waals surface area contributed by atoms with Crippen LogP contribution in [-0.4, -0.2) is 54.6 Å². The number of aromatic nitrogens is 2. The predicted molar refractivity (Wildman–Crippen MR) is 105 cm³/mol. The van der Waals surface area contributed by atoms with Crippen molar-refractivity contribution in [3.63, 3.8) is 0 Å². The molecule has 0 amide bonds. The smallest absolute Gasteiger partial charge is 0.136 e. The van der Waals surface area contributed by atoms with Crippen LogP contribution in [0.4, 0.5) is 23.0 Å². The van der Waals surface area contributed by atoms with E-state index in [0.717, 1.165) is 49.3 Å². The Hall–Kier alpha value is -2.60. The number of nitrogens with zero attached hydrogens (tertiary/aromatic N) is 4. The van der Waals surface area contributed by atoms with Crippen LogP contribution in [0.3, 0.4) is 0 Å². The molecule has 1 aromatic carbocycles. The van der Waals surface area contributed by atoms with Gasteiger partial charge in [0.25, 0.3) is 0 Å². The summed E-state index contributed by atoms with van der Waals surface area (Å²) in [5, 5.41) is 6.55. The summed E-state index contributed by atoms with van der Waals surface area (Å²) in [7, 11) is 2.17. The number of anilines is 4. The maximum Gasteiger partial charge on any atom is 0.136 e. The fourth-order valence-corrected chi connectivity index (χ4v) is 2.87. The highest BCUT2D eigenvalue weighted by atomic mass is 15.2. The van der Waals surface area contributed by atoms with E-state index in [2.05, 4.69) is 68.3 Å². The second kappa shape index (κ2) is 7.98. The number of hydrogen-bond donors (Lipinski definition) is 2. The highest BCUT2D eigenvalue weighted by molar-refractivity contribution is 5.62. The topological polar surface area (TPSA) is 56.3 Å². The van der Waals surface area contributed by atoms with Crippen molar-refractivity contribution < 1.29 is 0 Å². The Kier molecular flexibility index (Phi) is 5.50. The van der Waals surface area contributed by atoms with Crippen molar-refractivity contribution in [2.75, 3.05) is 55.3 Å². The third kappa shape index (κ3) is 4.70. The normalized spacial score (nSPS) is 15.0. The molecule has 0 bridgehead atoms. The first-order chi connectivity index (χ1) is 12.1. The molecule has 0 saturated carbocycles. The minimum Gasteiger partial charge on any atom is -0.369 e. The van der Waals surface area contributed by atoms with E-state index in [1.54, 1.807) is 0 Å². The van der Waals surface area contributed by atoms with Gasteiger partial charge in [-0.15, -0.1) is 6.58 Å². The van der Waals surface area contributed by atoms with Gasteiger partial charge in [0.05, 0.1) is 0 Å². The van der Waals surface area contributed by atoms with Gasteiger partial charge < -0.3 is 20.4 Å². The fourth-order valence-electron chi connectivity index (χ4n) is 2.87. The van der Waals surface area contributed by atoms with E-state index in [9.17, 15) is 0 Å². The molecule has 1 aromatic heterocycles. The number of aryl methyl sites for hydroxylation is 1. The highest BCUT2D eigenvalue weighted by Crippen LogP contribution is 2.22. The van der Waals surface area contributed by atoms with Crippen LogP contribution in [0.15, 0.2) is 43.0 Å². The number of likely N-dealkylation sites (N-methyl/N-ethyl adjacent to an activating group) is 1. The number of hydrogen-bond acceptors (Lipinski definition) is 6. The molecular formula is C19H26N6. The number of benzene rings is 1. The molecule has 0 atom stereocenters. The average molecular weight is 338 g/mol. The third-order valence-corrected chi connectivity index (χ3v) is 4.27. The molecule has 0 radical (unpaired) electrons. The standard InChI is InChI=1S/C19H26N6/c1-4-9-20-18-14-19(22-15(2)21-18)23-16-5-7-17(8-6-16)25-12-10-24(3)11-13-25/h4-8,14H,1,9-13H2,2-3H3,(H2,20,21,22,23). The van der Waals surface area contributed by atoms with Crippen LogP contribution in [0.25, 0.3) is 0 Å². The molecule has 1 aliphatic heterocycles. The van der Waals surface area contributed by atoms with E-state index in [1.165, 1.54) is 5.69 Å². The van der Waals surface area contributed by atoms with Crippen molar-refractivity contribution in [2.24, 2.45) is 0 Å². The summed E-state index contributed by atoms with van der Waals surface area (Å²) in [5.74, 6) is 2.31. The molecule has 1 fully saturated rings. The lowest BCUT2D eigenvalue weighted by Crippen LogP contribution is -2.44. The summed E-state index contributed by atoms with van der Waals surface area (Å²) >= 11 is 0. The Morgan fingerprint density at radius 1 is 1.08 bits per heavy atom. The molecule has 2 aromatic rings.